The summed E-state index contributed by atoms with van der Waals surface area (Å²) in [7, 11) is 0. The quantitative estimate of drug-likeness (QED) is 0.457. The van der Waals surface area contributed by atoms with Gasteiger partial charge in [0.25, 0.3) is 0 Å². The van der Waals surface area contributed by atoms with Gasteiger partial charge in [-0.15, -0.1) is 0 Å². The molecule has 0 saturated heterocycles. The number of amides is 1. The molecule has 1 atom stereocenters. The number of aromatic carboxylic acids is 3. The molecule has 0 aromatic heterocycles. The molecule has 1 unspecified atom stereocenters. The molecule has 0 aliphatic heterocycles. The number of carboxylic acids is 3. The molecule has 23 heavy (non-hydrogen) atoms. The van der Waals surface area contributed by atoms with Crippen molar-refractivity contribution in [3.63, 3.8) is 0 Å². The highest BCUT2D eigenvalue weighted by atomic mass is 79.9. The zero-order chi connectivity index (χ0) is 17.9. The van der Waals surface area contributed by atoms with Crippen molar-refractivity contribution < 1.29 is 34.5 Å². The van der Waals surface area contributed by atoms with Crippen LogP contribution in [0.5, 0.6) is 0 Å². The van der Waals surface area contributed by atoms with Crippen LogP contribution in [0.4, 0.5) is 0 Å². The largest absolute Gasteiger partial charge is 0.478 e. The van der Waals surface area contributed by atoms with E-state index in [2.05, 4.69) is 31.9 Å². The molecule has 0 spiro atoms. The molecular formula is C13H11Br2NO7. The van der Waals surface area contributed by atoms with E-state index < -0.39 is 46.1 Å². The summed E-state index contributed by atoms with van der Waals surface area (Å²) < 4.78 is 0. The van der Waals surface area contributed by atoms with Crippen LogP contribution in [0.3, 0.4) is 0 Å². The van der Waals surface area contributed by atoms with Gasteiger partial charge in [0, 0.05) is 10.2 Å². The fourth-order valence-electron chi connectivity index (χ4n) is 2.07. The first kappa shape index (κ1) is 19.1. The molecule has 5 N–H and O–H groups in total. The molecule has 1 amide bonds. The van der Waals surface area contributed by atoms with Gasteiger partial charge in [0.1, 0.15) is 0 Å². The zero-order valence-electron chi connectivity index (χ0n) is 11.4. The normalized spacial score (nSPS) is 11.7. The Labute approximate surface area is 146 Å². The predicted octanol–water partition coefficient (Wildman–Crippen LogP) is 1.58. The number of carboxylic acid groups (broad SMARTS) is 3. The maximum atomic E-state index is 11.5. The van der Waals surface area contributed by atoms with Crippen molar-refractivity contribution in [3.05, 3.63) is 33.9 Å². The van der Waals surface area contributed by atoms with Crippen LogP contribution < -0.4 is 5.73 Å². The summed E-state index contributed by atoms with van der Waals surface area (Å²) in [6.45, 7) is 0. The van der Waals surface area contributed by atoms with Gasteiger partial charge >= 0.3 is 17.9 Å². The van der Waals surface area contributed by atoms with Crippen molar-refractivity contribution in [1.82, 2.24) is 0 Å². The van der Waals surface area contributed by atoms with E-state index in [1.807, 2.05) is 0 Å². The van der Waals surface area contributed by atoms with E-state index in [1.165, 1.54) is 0 Å². The maximum Gasteiger partial charge on any atom is 0.336 e. The molecular weight excluding hydrogens is 442 g/mol. The Morgan fingerprint density at radius 2 is 1.48 bits per heavy atom. The minimum absolute atomic E-state index is 0.129. The highest BCUT2D eigenvalue weighted by molar-refractivity contribution is 9.12. The SMILES string of the molecule is NC(=O)c1cc(C(=O)O)c(C(=O)O)c(CC(Br)CBr)c1C(=O)O. The van der Waals surface area contributed by atoms with Crippen molar-refractivity contribution in [2.75, 3.05) is 5.33 Å². The van der Waals surface area contributed by atoms with Crippen molar-refractivity contribution in [2.24, 2.45) is 5.73 Å². The standard InChI is InChI=1S/C13H11Br2NO7/c14-3-4(15)1-5-8(12(20)21)6(10(16)17)2-7(11(18)19)9(5)13(22)23/h2,4H,1,3H2,(H2,16,17)(H,18,19)(H,20,21)(H,22,23). The Morgan fingerprint density at radius 1 is 1.00 bits per heavy atom. The molecule has 0 saturated carbocycles. The molecule has 1 rings (SSSR count). The molecule has 0 aliphatic rings. The number of hydrogen-bond donors (Lipinski definition) is 4. The van der Waals surface area contributed by atoms with Gasteiger partial charge in [-0.2, -0.15) is 0 Å². The molecule has 0 heterocycles. The van der Waals surface area contributed by atoms with Crippen LogP contribution in [0.2, 0.25) is 0 Å². The van der Waals surface area contributed by atoms with Gasteiger partial charge in [-0.3, -0.25) is 4.79 Å². The first-order valence-corrected chi connectivity index (χ1v) is 8.05. The molecule has 1 aromatic carbocycles. The van der Waals surface area contributed by atoms with E-state index in [9.17, 15) is 34.5 Å². The lowest BCUT2D eigenvalue weighted by Gasteiger charge is -2.17. The Hall–Kier alpha value is -1.94. The van der Waals surface area contributed by atoms with Gasteiger partial charge in [-0.05, 0) is 18.1 Å². The number of hydrogen-bond acceptors (Lipinski definition) is 4. The number of primary amides is 1. The minimum Gasteiger partial charge on any atom is -0.478 e. The van der Waals surface area contributed by atoms with Gasteiger partial charge < -0.3 is 21.1 Å². The van der Waals surface area contributed by atoms with E-state index in [1.54, 1.807) is 0 Å². The third-order valence-corrected chi connectivity index (χ3v) is 5.25. The highest BCUT2D eigenvalue weighted by Crippen LogP contribution is 2.27. The fraction of sp³-hybridized carbons (Fsp3) is 0.231. The lowest BCUT2D eigenvalue weighted by atomic mass is 9.88. The van der Waals surface area contributed by atoms with Crippen molar-refractivity contribution in [1.29, 1.82) is 0 Å². The second-order valence-corrected chi connectivity index (χ2v) is 6.38. The Bertz CT molecular complexity index is 652. The van der Waals surface area contributed by atoms with Crippen LogP contribution >= 0.6 is 31.9 Å². The first-order valence-electron chi connectivity index (χ1n) is 6.01. The fourth-order valence-corrected chi connectivity index (χ4v) is 2.62. The highest BCUT2D eigenvalue weighted by Gasteiger charge is 2.31. The molecule has 0 aliphatic carbocycles. The monoisotopic (exact) mass is 451 g/mol. The summed E-state index contributed by atoms with van der Waals surface area (Å²) in [6.07, 6.45) is -0.129. The average Bonchev–Trinajstić information content (AvgIpc) is 2.44. The number of benzene rings is 1. The van der Waals surface area contributed by atoms with E-state index >= 15 is 0 Å². The van der Waals surface area contributed by atoms with Crippen LogP contribution in [0, 0.1) is 0 Å². The Kier molecular flexibility index (Phi) is 6.28. The molecule has 10 heteroatoms. The lowest BCUT2D eigenvalue weighted by molar-refractivity contribution is 0.0646. The number of nitrogens with two attached hydrogens (primary N) is 1. The first-order chi connectivity index (χ1) is 10.6. The summed E-state index contributed by atoms with van der Waals surface area (Å²) in [6, 6.07) is 0.679. The van der Waals surface area contributed by atoms with Gasteiger partial charge in [0.15, 0.2) is 0 Å². The Morgan fingerprint density at radius 3 is 1.83 bits per heavy atom. The minimum atomic E-state index is -1.61. The number of carbonyl (C=O) groups excluding carboxylic acids is 1. The smallest absolute Gasteiger partial charge is 0.336 e. The van der Waals surface area contributed by atoms with E-state index in [0.29, 0.717) is 11.4 Å². The Balaban J connectivity index is 3.95. The van der Waals surface area contributed by atoms with Gasteiger partial charge in [0.2, 0.25) is 5.91 Å². The number of carbonyl (C=O) groups is 4. The van der Waals surface area contributed by atoms with Crippen LogP contribution in [0.1, 0.15) is 47.0 Å². The number of halogens is 2. The van der Waals surface area contributed by atoms with Crippen molar-refractivity contribution in [2.45, 2.75) is 11.2 Å². The maximum absolute atomic E-state index is 11.5. The number of rotatable bonds is 7. The molecule has 8 nitrogen and oxygen atoms in total. The van der Waals surface area contributed by atoms with Crippen molar-refractivity contribution in [3.8, 4) is 0 Å². The third-order valence-electron chi connectivity index (χ3n) is 2.95. The van der Waals surface area contributed by atoms with E-state index in [0.717, 1.165) is 0 Å². The van der Waals surface area contributed by atoms with E-state index in [4.69, 9.17) is 5.73 Å². The van der Waals surface area contributed by atoms with Crippen LogP contribution in [0.15, 0.2) is 6.07 Å². The predicted molar refractivity (Wildman–Crippen MR) is 86.1 cm³/mol. The average molecular weight is 453 g/mol. The van der Waals surface area contributed by atoms with Gasteiger partial charge in [-0.1, -0.05) is 31.9 Å². The molecule has 0 fully saturated rings. The van der Waals surface area contributed by atoms with E-state index in [-0.39, 0.29) is 16.8 Å². The van der Waals surface area contributed by atoms with Crippen LogP contribution in [-0.2, 0) is 6.42 Å². The second kappa shape index (κ2) is 7.55. The topological polar surface area (TPSA) is 155 Å². The van der Waals surface area contributed by atoms with Gasteiger partial charge in [-0.25, -0.2) is 14.4 Å². The molecule has 0 bridgehead atoms. The lowest BCUT2D eigenvalue weighted by Crippen LogP contribution is -2.25. The van der Waals surface area contributed by atoms with Crippen molar-refractivity contribution >= 4 is 55.7 Å². The zero-order valence-corrected chi connectivity index (χ0v) is 14.5. The second-order valence-electron chi connectivity index (χ2n) is 4.44. The summed E-state index contributed by atoms with van der Waals surface area (Å²) in [4.78, 5) is 45.4. The third kappa shape index (κ3) is 4.08. The summed E-state index contributed by atoms with van der Waals surface area (Å²) >= 11 is 6.35. The summed E-state index contributed by atoms with van der Waals surface area (Å²) in [5.74, 6) is -5.94. The van der Waals surface area contributed by atoms with Gasteiger partial charge in [0.05, 0.1) is 22.3 Å². The van der Waals surface area contributed by atoms with Crippen LogP contribution in [0.25, 0.3) is 0 Å². The van der Waals surface area contributed by atoms with Crippen LogP contribution in [-0.4, -0.2) is 49.3 Å². The molecule has 0 radical (unpaired) electrons. The molecule has 124 valence electrons. The number of alkyl halides is 2. The summed E-state index contributed by atoms with van der Waals surface area (Å²) in [5, 5.41) is 28.2. The molecule has 1 aromatic rings. The summed E-state index contributed by atoms with van der Waals surface area (Å²) in [5.41, 5.74) is 2.31.